The van der Waals surface area contributed by atoms with Gasteiger partial charge in [0, 0.05) is 23.4 Å². The molecule has 4 rings (SSSR count). The molecule has 1 unspecified atom stereocenters. The summed E-state index contributed by atoms with van der Waals surface area (Å²) in [5.41, 5.74) is 1.20. The first-order valence-corrected chi connectivity index (χ1v) is 10.6. The number of hydrogen-bond donors (Lipinski definition) is 1. The highest BCUT2D eigenvalue weighted by atomic mass is 16.5. The molecule has 7 nitrogen and oxygen atoms in total. The van der Waals surface area contributed by atoms with Crippen molar-refractivity contribution in [3.05, 3.63) is 78.3 Å². The number of anilines is 1. The molecule has 2 aromatic carbocycles. The van der Waals surface area contributed by atoms with Crippen LogP contribution >= 0.6 is 0 Å². The number of ether oxygens (including phenoxy) is 2. The molecule has 1 heterocycles. The van der Waals surface area contributed by atoms with Gasteiger partial charge in [0.25, 0.3) is 11.8 Å². The van der Waals surface area contributed by atoms with E-state index in [1.807, 2.05) is 24.0 Å². The van der Waals surface area contributed by atoms with Crippen molar-refractivity contribution < 1.29 is 23.5 Å². The second-order valence-electron chi connectivity index (χ2n) is 7.73. The predicted molar refractivity (Wildman–Crippen MR) is 120 cm³/mol. The molecule has 1 N–H and O–H groups in total. The zero-order chi connectivity index (χ0) is 22.5. The third-order valence-corrected chi connectivity index (χ3v) is 5.37. The molecule has 0 saturated heterocycles. The fraction of sp³-hybridized carbons (Fsp3) is 0.280. The summed E-state index contributed by atoms with van der Waals surface area (Å²) in [5, 5.41) is 2.76. The van der Waals surface area contributed by atoms with Crippen molar-refractivity contribution in [2.75, 3.05) is 19.0 Å². The Labute approximate surface area is 186 Å². The van der Waals surface area contributed by atoms with Crippen LogP contribution in [0.25, 0.3) is 0 Å². The van der Waals surface area contributed by atoms with Crippen LogP contribution in [0.5, 0.6) is 11.5 Å². The van der Waals surface area contributed by atoms with Crippen molar-refractivity contribution in [2.45, 2.75) is 31.8 Å². The van der Waals surface area contributed by atoms with E-state index in [0.29, 0.717) is 22.7 Å². The zero-order valence-electron chi connectivity index (χ0n) is 18.1. The van der Waals surface area contributed by atoms with Crippen molar-refractivity contribution in [3.63, 3.8) is 0 Å². The maximum Gasteiger partial charge on any atom is 0.262 e. The number of nitrogens with one attached hydrogen (secondary N) is 1. The van der Waals surface area contributed by atoms with Crippen LogP contribution in [-0.2, 0) is 4.79 Å². The van der Waals surface area contributed by atoms with E-state index >= 15 is 0 Å². The molecule has 1 aromatic heterocycles. The molecule has 3 aromatic rings. The fourth-order valence-corrected chi connectivity index (χ4v) is 3.57. The van der Waals surface area contributed by atoms with E-state index in [4.69, 9.17) is 13.9 Å². The molecule has 1 atom stereocenters. The number of rotatable bonds is 9. The molecule has 0 radical (unpaired) electrons. The van der Waals surface area contributed by atoms with Crippen molar-refractivity contribution in [1.82, 2.24) is 4.90 Å². The van der Waals surface area contributed by atoms with Crippen molar-refractivity contribution in [2.24, 2.45) is 0 Å². The van der Waals surface area contributed by atoms with Gasteiger partial charge in [-0.25, -0.2) is 0 Å². The Morgan fingerprint density at radius 1 is 1.09 bits per heavy atom. The molecule has 2 amide bonds. The van der Waals surface area contributed by atoms with Gasteiger partial charge in [-0.3, -0.25) is 9.59 Å². The van der Waals surface area contributed by atoms with Crippen LogP contribution in [0.3, 0.4) is 0 Å². The molecule has 32 heavy (non-hydrogen) atoms. The maximum atomic E-state index is 13.2. The summed E-state index contributed by atoms with van der Waals surface area (Å²) in [6, 6.07) is 17.8. The van der Waals surface area contributed by atoms with Crippen molar-refractivity contribution >= 4 is 17.5 Å². The van der Waals surface area contributed by atoms with Crippen LogP contribution < -0.4 is 14.8 Å². The Morgan fingerprint density at radius 3 is 2.53 bits per heavy atom. The van der Waals surface area contributed by atoms with E-state index in [9.17, 15) is 9.59 Å². The monoisotopic (exact) mass is 434 g/mol. The standard InChI is InChI=1S/C25H26N2O5/c1-17(23-7-4-14-31-23)27(20-10-11-20)25(29)18-8-12-21(13-9-18)32-16-24(28)26-19-5-3-6-22(15-19)30-2/h3-9,12-15,17,20H,10-11,16H2,1-2H3,(H,26,28). The Balaban J connectivity index is 1.35. The minimum Gasteiger partial charge on any atom is -0.497 e. The SMILES string of the molecule is COc1cccc(NC(=O)COc2ccc(C(=O)N(C3CC3)C(C)c3ccco3)cc2)c1. The van der Waals surface area contributed by atoms with Crippen LogP contribution in [0.2, 0.25) is 0 Å². The Hall–Kier alpha value is -3.74. The van der Waals surface area contributed by atoms with E-state index < -0.39 is 0 Å². The van der Waals surface area contributed by atoms with E-state index in [2.05, 4.69) is 5.32 Å². The van der Waals surface area contributed by atoms with Crippen LogP contribution in [0.4, 0.5) is 5.69 Å². The highest BCUT2D eigenvalue weighted by Gasteiger charge is 2.37. The first kappa shape index (κ1) is 21.5. The average molecular weight is 434 g/mol. The summed E-state index contributed by atoms with van der Waals surface area (Å²) < 4.78 is 16.2. The van der Waals surface area contributed by atoms with Gasteiger partial charge in [0.15, 0.2) is 6.61 Å². The summed E-state index contributed by atoms with van der Waals surface area (Å²) in [4.78, 5) is 27.2. The van der Waals surface area contributed by atoms with Gasteiger partial charge in [-0.2, -0.15) is 0 Å². The first-order chi connectivity index (χ1) is 15.5. The molecule has 1 saturated carbocycles. The third kappa shape index (κ3) is 5.11. The lowest BCUT2D eigenvalue weighted by atomic mass is 10.1. The Morgan fingerprint density at radius 2 is 1.88 bits per heavy atom. The highest BCUT2D eigenvalue weighted by Crippen LogP contribution is 2.36. The number of carbonyl (C=O) groups is 2. The number of methoxy groups -OCH3 is 1. The van der Waals surface area contributed by atoms with Gasteiger partial charge >= 0.3 is 0 Å². The maximum absolute atomic E-state index is 13.2. The number of amides is 2. The van der Waals surface area contributed by atoms with E-state index in [-0.39, 0.29) is 30.5 Å². The molecule has 1 aliphatic carbocycles. The van der Waals surface area contributed by atoms with Gasteiger partial charge in [-0.05, 0) is 68.3 Å². The van der Waals surface area contributed by atoms with Gasteiger partial charge in [-0.1, -0.05) is 6.07 Å². The van der Waals surface area contributed by atoms with Gasteiger partial charge in [-0.15, -0.1) is 0 Å². The highest BCUT2D eigenvalue weighted by molar-refractivity contribution is 5.95. The molecule has 0 bridgehead atoms. The summed E-state index contributed by atoms with van der Waals surface area (Å²) in [6.45, 7) is 1.84. The lowest BCUT2D eigenvalue weighted by Gasteiger charge is -2.28. The lowest BCUT2D eigenvalue weighted by molar-refractivity contribution is -0.118. The van der Waals surface area contributed by atoms with Gasteiger partial charge in [0.05, 0.1) is 19.4 Å². The van der Waals surface area contributed by atoms with Gasteiger partial charge < -0.3 is 24.1 Å². The predicted octanol–water partition coefficient (Wildman–Crippen LogP) is 4.67. The van der Waals surface area contributed by atoms with Crippen LogP contribution in [0.15, 0.2) is 71.3 Å². The summed E-state index contributed by atoms with van der Waals surface area (Å²) in [6.07, 6.45) is 3.62. The van der Waals surface area contributed by atoms with Gasteiger partial charge in [0.2, 0.25) is 0 Å². The van der Waals surface area contributed by atoms with Crippen molar-refractivity contribution in [1.29, 1.82) is 0 Å². The lowest BCUT2D eigenvalue weighted by Crippen LogP contribution is -2.35. The molecule has 1 fully saturated rings. The number of carbonyl (C=O) groups excluding carboxylic acids is 2. The molecular formula is C25H26N2O5. The van der Waals surface area contributed by atoms with Crippen LogP contribution in [0.1, 0.15) is 41.9 Å². The minimum absolute atomic E-state index is 0.0429. The molecule has 7 heteroatoms. The molecule has 1 aliphatic rings. The Kier molecular flexibility index (Phi) is 6.44. The number of benzene rings is 2. The molecule has 166 valence electrons. The second-order valence-corrected chi connectivity index (χ2v) is 7.73. The zero-order valence-corrected chi connectivity index (χ0v) is 18.1. The summed E-state index contributed by atoms with van der Waals surface area (Å²) in [5.74, 6) is 1.61. The second kappa shape index (κ2) is 9.60. The van der Waals surface area contributed by atoms with E-state index in [1.165, 1.54) is 0 Å². The van der Waals surface area contributed by atoms with Crippen molar-refractivity contribution in [3.8, 4) is 11.5 Å². The number of furan rings is 1. The third-order valence-electron chi connectivity index (χ3n) is 5.37. The number of nitrogens with zero attached hydrogens (tertiary/aromatic N) is 1. The average Bonchev–Trinajstić information content (AvgIpc) is 3.49. The topological polar surface area (TPSA) is 81.0 Å². The largest absolute Gasteiger partial charge is 0.497 e. The van der Waals surface area contributed by atoms with E-state index in [1.54, 1.807) is 61.9 Å². The summed E-state index contributed by atoms with van der Waals surface area (Å²) in [7, 11) is 1.57. The molecule has 0 spiro atoms. The smallest absolute Gasteiger partial charge is 0.262 e. The quantitative estimate of drug-likeness (QED) is 0.529. The van der Waals surface area contributed by atoms with Crippen LogP contribution in [-0.4, -0.2) is 36.5 Å². The fourth-order valence-electron chi connectivity index (χ4n) is 3.57. The Bertz CT molecular complexity index is 1060. The minimum atomic E-state index is -0.286. The first-order valence-electron chi connectivity index (χ1n) is 10.6. The molecule has 0 aliphatic heterocycles. The molecular weight excluding hydrogens is 408 g/mol. The summed E-state index contributed by atoms with van der Waals surface area (Å²) >= 11 is 0. The van der Waals surface area contributed by atoms with E-state index in [0.717, 1.165) is 18.6 Å². The van der Waals surface area contributed by atoms with Crippen LogP contribution in [0, 0.1) is 0 Å². The van der Waals surface area contributed by atoms with Gasteiger partial charge in [0.1, 0.15) is 17.3 Å². The number of hydrogen-bond acceptors (Lipinski definition) is 5. The normalized spacial score (nSPS) is 13.8.